The highest BCUT2D eigenvalue weighted by atomic mass is 19.4. The summed E-state index contributed by atoms with van der Waals surface area (Å²) in [4.78, 5) is 12.4. The van der Waals surface area contributed by atoms with E-state index in [1.807, 2.05) is 0 Å². The van der Waals surface area contributed by atoms with Crippen LogP contribution in [0.5, 0.6) is 5.88 Å². The number of fused-ring (bicyclic) bond motifs is 1. The minimum atomic E-state index is -8.76. The van der Waals surface area contributed by atoms with Crippen molar-refractivity contribution in [3.8, 4) is 28.5 Å². The molecule has 0 saturated carbocycles. The van der Waals surface area contributed by atoms with Crippen molar-refractivity contribution in [2.24, 2.45) is 0 Å². The minimum absolute atomic E-state index is 0.0634. The molecule has 0 radical (unpaired) electrons. The quantitative estimate of drug-likeness (QED) is 0.103. The molecule has 0 spiro atoms. The zero-order valence-electron chi connectivity index (χ0n) is 28.7. The number of benzene rings is 2. The summed E-state index contributed by atoms with van der Waals surface area (Å²) in [7, 11) is 0. The first kappa shape index (κ1) is 45.6. The molecular formula is C33H18F20N6O. The normalized spacial score (nSPS) is 14.2. The number of halogens is 20. The smallest absolute Gasteiger partial charge is 0.460 e. The third-order valence-corrected chi connectivity index (χ3v) is 8.43. The zero-order valence-corrected chi connectivity index (χ0v) is 28.7. The number of ether oxygens (including phenoxy) is 1. The summed E-state index contributed by atoms with van der Waals surface area (Å²) in [5.74, 6) is -58.5. The monoisotopic (exact) mass is 894 g/mol. The lowest BCUT2D eigenvalue weighted by atomic mass is 9.88. The number of rotatable bonds is 14. The van der Waals surface area contributed by atoms with Crippen LogP contribution in [-0.4, -0.2) is 77.6 Å². The van der Waals surface area contributed by atoms with E-state index in [0.29, 0.717) is 12.3 Å². The predicted molar refractivity (Wildman–Crippen MR) is 163 cm³/mol. The van der Waals surface area contributed by atoms with Crippen molar-refractivity contribution in [3.05, 3.63) is 84.2 Å². The summed E-state index contributed by atoms with van der Waals surface area (Å²) in [6.45, 7) is -2.81. The highest BCUT2D eigenvalue weighted by Gasteiger charge is 2.95. The van der Waals surface area contributed by atoms with Gasteiger partial charge in [-0.15, -0.1) is 5.10 Å². The second-order valence-corrected chi connectivity index (χ2v) is 12.5. The Balaban J connectivity index is 1.42. The molecule has 2 aromatic carbocycles. The first-order valence-corrected chi connectivity index (χ1v) is 16.0. The van der Waals surface area contributed by atoms with Gasteiger partial charge in [-0.1, -0.05) is 65.9 Å². The van der Waals surface area contributed by atoms with Crippen LogP contribution in [0, 0.1) is 0 Å². The molecule has 3 aromatic heterocycles. The lowest BCUT2D eigenvalue weighted by Gasteiger charge is -2.42. The van der Waals surface area contributed by atoms with E-state index in [1.54, 1.807) is 12.1 Å². The fourth-order valence-electron chi connectivity index (χ4n) is 5.17. The Morgan fingerprint density at radius 1 is 0.550 bits per heavy atom. The third kappa shape index (κ3) is 7.57. The second kappa shape index (κ2) is 14.9. The summed E-state index contributed by atoms with van der Waals surface area (Å²) < 4.78 is 281. The van der Waals surface area contributed by atoms with Gasteiger partial charge in [0.25, 0.3) is 0 Å². The van der Waals surface area contributed by atoms with Gasteiger partial charge in [-0.25, -0.2) is 9.97 Å². The number of aryl methyl sites for hydroxylation is 1. The topological polar surface area (TPSA) is 78.6 Å². The van der Waals surface area contributed by atoms with Crippen LogP contribution >= 0.6 is 0 Å². The number of hydrogen-bond donors (Lipinski definition) is 0. The molecule has 326 valence electrons. The molecule has 5 aromatic rings. The maximum absolute atomic E-state index is 14.5. The van der Waals surface area contributed by atoms with Crippen LogP contribution in [0.25, 0.3) is 33.7 Å². The lowest BCUT2D eigenvalue weighted by Crippen LogP contribution is -2.74. The number of hydrogen-bond acceptors (Lipinski definition) is 6. The van der Waals surface area contributed by atoms with Crippen LogP contribution in [0.2, 0.25) is 0 Å². The van der Waals surface area contributed by atoms with E-state index in [0.717, 1.165) is 0 Å². The van der Waals surface area contributed by atoms with E-state index in [9.17, 15) is 87.8 Å². The molecule has 0 fully saturated rings. The Kier molecular flexibility index (Phi) is 11.3. The fraction of sp³-hybridized carbons (Fsp3) is 0.364. The van der Waals surface area contributed by atoms with Crippen molar-refractivity contribution in [2.45, 2.75) is 73.4 Å². The van der Waals surface area contributed by atoms with Crippen LogP contribution in [0.3, 0.4) is 0 Å². The van der Waals surface area contributed by atoms with E-state index >= 15 is 0 Å². The van der Waals surface area contributed by atoms with Crippen molar-refractivity contribution in [1.82, 2.24) is 29.9 Å². The molecule has 0 N–H and O–H groups in total. The lowest BCUT2D eigenvalue weighted by molar-refractivity contribution is -0.461. The van der Waals surface area contributed by atoms with Crippen molar-refractivity contribution < 1.29 is 92.5 Å². The van der Waals surface area contributed by atoms with Crippen LogP contribution in [0.4, 0.5) is 87.8 Å². The highest BCUT2D eigenvalue weighted by molar-refractivity contribution is 5.88. The highest BCUT2D eigenvalue weighted by Crippen LogP contribution is 2.64. The molecular weight excluding hydrogens is 876 g/mol. The molecule has 7 nitrogen and oxygen atoms in total. The Morgan fingerprint density at radius 2 is 1.05 bits per heavy atom. The van der Waals surface area contributed by atoms with Gasteiger partial charge in [0.05, 0.1) is 22.8 Å². The zero-order chi connectivity index (χ0) is 45.1. The Morgan fingerprint density at radius 3 is 1.57 bits per heavy atom. The standard InChI is InChI=1S/C33H18F20N6O/c34-25(35,27(39,40)28(41,42)29(43,44)30(45,46)31(47,48)32(49,50)33(51,52)53)11-12-59-14-18(57-58-59)15-60-24-21-19(26(36,37)38)13-20(16-7-3-1-4-8-16)54-23(21)55-22(56-24)17-9-5-2-6-10-17/h1-10,13-14H,11-12,15H2. The fourth-order valence-corrected chi connectivity index (χ4v) is 5.17. The number of nitrogens with zero attached hydrogens (tertiary/aromatic N) is 6. The summed E-state index contributed by atoms with van der Waals surface area (Å²) in [5, 5.41) is 5.62. The van der Waals surface area contributed by atoms with Crippen molar-refractivity contribution in [3.63, 3.8) is 0 Å². The van der Waals surface area contributed by atoms with Crippen molar-refractivity contribution >= 4 is 11.0 Å². The summed E-state index contributed by atoms with van der Waals surface area (Å²) in [6, 6.07) is 15.6. The van der Waals surface area contributed by atoms with Gasteiger partial charge < -0.3 is 4.74 Å². The predicted octanol–water partition coefficient (Wildman–Crippen LogP) is 10.9. The summed E-state index contributed by atoms with van der Waals surface area (Å²) in [5.41, 5.74) is -2.24. The van der Waals surface area contributed by atoms with E-state index in [1.165, 1.54) is 48.5 Å². The molecule has 0 aliphatic rings. The largest absolute Gasteiger partial charge is 0.470 e. The molecule has 0 bridgehead atoms. The molecule has 27 heteroatoms. The molecule has 5 rings (SSSR count). The average Bonchev–Trinajstić information content (AvgIpc) is 3.62. The number of aromatic nitrogens is 6. The van der Waals surface area contributed by atoms with Gasteiger partial charge >= 0.3 is 53.8 Å². The first-order chi connectivity index (χ1) is 27.3. The van der Waals surface area contributed by atoms with Crippen LogP contribution in [0.1, 0.15) is 17.7 Å². The number of alkyl halides is 20. The maximum atomic E-state index is 14.5. The van der Waals surface area contributed by atoms with Crippen LogP contribution in [-0.2, 0) is 19.3 Å². The van der Waals surface area contributed by atoms with Crippen molar-refractivity contribution in [1.29, 1.82) is 0 Å². The molecule has 0 aliphatic heterocycles. The average molecular weight is 895 g/mol. The van der Waals surface area contributed by atoms with Gasteiger partial charge in [-0.2, -0.15) is 92.8 Å². The number of pyridine rings is 1. The second-order valence-electron chi connectivity index (χ2n) is 12.5. The van der Waals surface area contributed by atoms with Gasteiger partial charge in [0, 0.05) is 24.1 Å². The SMILES string of the molecule is FC(F)(F)c1cc(-c2ccccc2)nc2nc(-c3ccccc3)nc(OCc3cn(CCC(F)(F)C(F)(F)C(F)(F)C(F)(F)C(F)(F)C(F)(F)C(F)(F)C(F)(F)F)nn3)c12. The van der Waals surface area contributed by atoms with Gasteiger partial charge in [0.1, 0.15) is 12.3 Å². The summed E-state index contributed by atoms with van der Waals surface area (Å²) in [6.07, 6.45) is -15.4. The van der Waals surface area contributed by atoms with E-state index in [2.05, 4.69) is 25.3 Å². The first-order valence-electron chi connectivity index (χ1n) is 16.0. The Bertz CT molecular complexity index is 2310. The van der Waals surface area contributed by atoms with E-state index in [4.69, 9.17) is 4.74 Å². The molecule has 0 amide bonds. The van der Waals surface area contributed by atoms with Gasteiger partial charge in [0.15, 0.2) is 11.5 Å². The Hall–Kier alpha value is -5.53. The molecule has 0 atom stereocenters. The molecule has 60 heavy (non-hydrogen) atoms. The van der Waals surface area contributed by atoms with E-state index < -0.39 is 102 Å². The Labute approximate surface area is 320 Å². The molecule has 0 saturated heterocycles. The van der Waals surface area contributed by atoms with Crippen molar-refractivity contribution in [2.75, 3.05) is 0 Å². The van der Waals surface area contributed by atoms with Crippen LogP contribution in [0.15, 0.2) is 72.9 Å². The van der Waals surface area contributed by atoms with Gasteiger partial charge in [0.2, 0.25) is 5.88 Å². The third-order valence-electron chi connectivity index (χ3n) is 8.43. The molecule has 3 heterocycles. The minimum Gasteiger partial charge on any atom is -0.470 e. The maximum Gasteiger partial charge on any atom is 0.460 e. The summed E-state index contributed by atoms with van der Waals surface area (Å²) >= 11 is 0. The molecule has 0 aliphatic carbocycles. The van der Waals surface area contributed by atoms with Gasteiger partial charge in [-0.3, -0.25) is 4.68 Å². The molecule has 0 unspecified atom stereocenters. The van der Waals surface area contributed by atoms with Crippen LogP contribution < -0.4 is 4.74 Å². The van der Waals surface area contributed by atoms with E-state index in [-0.39, 0.29) is 27.3 Å². The van der Waals surface area contributed by atoms with Gasteiger partial charge in [-0.05, 0) is 6.07 Å².